The summed E-state index contributed by atoms with van der Waals surface area (Å²) in [5.74, 6) is 0. The fraction of sp³-hybridized carbons (Fsp3) is 0.923. The van der Waals surface area contributed by atoms with Gasteiger partial charge in [0.2, 0.25) is 0 Å². The number of ether oxygens (including phenoxy) is 1. The Labute approximate surface area is 117 Å². The van der Waals surface area contributed by atoms with Crippen LogP contribution in [-0.4, -0.2) is 53.5 Å². The molecule has 0 aromatic carbocycles. The molecule has 0 radical (unpaired) electrons. The topological polar surface area (TPSA) is 32.8 Å². The number of likely N-dealkylation sites (tertiary alicyclic amines) is 1. The van der Waals surface area contributed by atoms with Crippen molar-refractivity contribution < 1.29 is 22.7 Å². The molecule has 0 aromatic rings. The Bertz CT molecular complexity index is 331. The molecule has 118 valence electrons. The number of carbonyl (C=O) groups is 1. The van der Waals surface area contributed by atoms with Gasteiger partial charge in [0.05, 0.1) is 0 Å². The molecule has 0 aliphatic carbocycles. The molecule has 1 aliphatic rings. The maximum atomic E-state index is 12.8. The Kier molecular flexibility index (Phi) is 5.29. The van der Waals surface area contributed by atoms with E-state index in [4.69, 9.17) is 4.74 Å². The molecule has 0 bridgehead atoms. The van der Waals surface area contributed by atoms with E-state index < -0.39 is 24.0 Å². The van der Waals surface area contributed by atoms with Gasteiger partial charge < -0.3 is 9.64 Å². The number of rotatable bonds is 2. The number of nitrogens with zero attached hydrogens (tertiary/aromatic N) is 2. The molecule has 1 heterocycles. The van der Waals surface area contributed by atoms with Crippen LogP contribution in [0.5, 0.6) is 0 Å². The fourth-order valence-electron chi connectivity index (χ4n) is 2.33. The van der Waals surface area contributed by atoms with Gasteiger partial charge in [0, 0.05) is 25.7 Å². The van der Waals surface area contributed by atoms with Gasteiger partial charge in [-0.15, -0.1) is 0 Å². The molecular weight excluding hydrogens is 273 g/mol. The van der Waals surface area contributed by atoms with Gasteiger partial charge in [-0.2, -0.15) is 13.2 Å². The summed E-state index contributed by atoms with van der Waals surface area (Å²) in [6.07, 6.45) is -4.14. The van der Waals surface area contributed by atoms with E-state index in [2.05, 4.69) is 0 Å². The van der Waals surface area contributed by atoms with E-state index in [0.29, 0.717) is 30.8 Å². The summed E-state index contributed by atoms with van der Waals surface area (Å²) in [7, 11) is 0. The van der Waals surface area contributed by atoms with E-state index >= 15 is 0 Å². The first-order valence-corrected chi connectivity index (χ1v) is 6.86. The predicted octanol–water partition coefficient (Wildman–Crippen LogP) is 3.23. The van der Waals surface area contributed by atoms with Crippen LogP contribution >= 0.6 is 0 Å². The highest BCUT2D eigenvalue weighted by Crippen LogP contribution is 2.28. The highest BCUT2D eigenvalue weighted by molar-refractivity contribution is 5.68. The molecular formula is C13H23F3N2O2. The first-order chi connectivity index (χ1) is 9.04. The molecule has 0 atom stereocenters. The van der Waals surface area contributed by atoms with Gasteiger partial charge in [-0.1, -0.05) is 6.92 Å². The van der Waals surface area contributed by atoms with Crippen LogP contribution in [0.15, 0.2) is 0 Å². The molecule has 1 amide bonds. The van der Waals surface area contributed by atoms with Crippen molar-refractivity contribution in [2.24, 2.45) is 0 Å². The van der Waals surface area contributed by atoms with Crippen molar-refractivity contribution in [1.29, 1.82) is 0 Å². The van der Waals surface area contributed by atoms with Crippen LogP contribution in [-0.2, 0) is 4.74 Å². The average molecular weight is 296 g/mol. The SMILES string of the molecule is CCN(C1CCN(C(=O)OC(C)(C)C)CC1)C(F)(F)F. The second-order valence-corrected chi connectivity index (χ2v) is 5.95. The summed E-state index contributed by atoms with van der Waals surface area (Å²) in [5, 5.41) is 0. The highest BCUT2D eigenvalue weighted by atomic mass is 19.4. The Morgan fingerprint density at radius 1 is 1.25 bits per heavy atom. The van der Waals surface area contributed by atoms with Crippen LogP contribution in [0.2, 0.25) is 0 Å². The van der Waals surface area contributed by atoms with E-state index in [9.17, 15) is 18.0 Å². The zero-order valence-corrected chi connectivity index (χ0v) is 12.5. The third-order valence-electron chi connectivity index (χ3n) is 3.22. The Morgan fingerprint density at radius 2 is 1.75 bits per heavy atom. The molecule has 1 fully saturated rings. The summed E-state index contributed by atoms with van der Waals surface area (Å²) in [5.41, 5.74) is -0.588. The average Bonchev–Trinajstić information content (AvgIpc) is 2.26. The number of hydrogen-bond acceptors (Lipinski definition) is 3. The molecule has 1 aliphatic heterocycles. The number of amides is 1. The van der Waals surface area contributed by atoms with Gasteiger partial charge >= 0.3 is 12.4 Å². The van der Waals surface area contributed by atoms with E-state index in [0.717, 1.165) is 0 Å². The predicted molar refractivity (Wildman–Crippen MR) is 69.3 cm³/mol. The molecule has 0 aromatic heterocycles. The lowest BCUT2D eigenvalue weighted by atomic mass is 10.0. The maximum absolute atomic E-state index is 12.8. The minimum absolute atomic E-state index is 0.0688. The lowest BCUT2D eigenvalue weighted by molar-refractivity contribution is -0.260. The van der Waals surface area contributed by atoms with Gasteiger partial charge in [-0.3, -0.25) is 0 Å². The number of carbonyl (C=O) groups excluding carboxylic acids is 1. The van der Waals surface area contributed by atoms with Gasteiger partial charge in [-0.05, 0) is 33.6 Å². The summed E-state index contributed by atoms with van der Waals surface area (Å²) in [6, 6.07) is -0.557. The van der Waals surface area contributed by atoms with Crippen molar-refractivity contribution in [3.63, 3.8) is 0 Å². The van der Waals surface area contributed by atoms with Crippen LogP contribution in [0.1, 0.15) is 40.5 Å². The summed E-state index contributed by atoms with van der Waals surface area (Å²) < 4.78 is 43.6. The number of piperidine rings is 1. The molecule has 1 saturated heterocycles. The van der Waals surface area contributed by atoms with Gasteiger partial charge in [0.25, 0.3) is 0 Å². The molecule has 0 N–H and O–H groups in total. The molecule has 20 heavy (non-hydrogen) atoms. The van der Waals surface area contributed by atoms with Crippen molar-refractivity contribution in [1.82, 2.24) is 9.80 Å². The third kappa shape index (κ3) is 4.85. The summed E-state index contributed by atoms with van der Waals surface area (Å²) >= 11 is 0. The molecule has 0 unspecified atom stereocenters. The van der Waals surface area contributed by atoms with Crippen molar-refractivity contribution >= 4 is 6.09 Å². The minimum atomic E-state index is -4.31. The van der Waals surface area contributed by atoms with E-state index in [1.165, 1.54) is 11.8 Å². The monoisotopic (exact) mass is 296 g/mol. The van der Waals surface area contributed by atoms with Gasteiger partial charge in [-0.25, -0.2) is 9.69 Å². The van der Waals surface area contributed by atoms with Crippen LogP contribution in [0.3, 0.4) is 0 Å². The van der Waals surface area contributed by atoms with Crippen molar-refractivity contribution in [3.8, 4) is 0 Å². The van der Waals surface area contributed by atoms with Crippen molar-refractivity contribution in [3.05, 3.63) is 0 Å². The Balaban J connectivity index is 2.53. The van der Waals surface area contributed by atoms with Crippen LogP contribution in [0.4, 0.5) is 18.0 Å². The standard InChI is InChI=1S/C13H23F3N2O2/c1-5-18(13(14,15)16)10-6-8-17(9-7-10)11(19)20-12(2,3)4/h10H,5-9H2,1-4H3. The van der Waals surface area contributed by atoms with E-state index in [-0.39, 0.29) is 6.54 Å². The molecule has 7 heteroatoms. The van der Waals surface area contributed by atoms with Crippen LogP contribution < -0.4 is 0 Å². The second kappa shape index (κ2) is 6.20. The maximum Gasteiger partial charge on any atom is 0.460 e. The summed E-state index contributed by atoms with van der Waals surface area (Å²) in [6.45, 7) is 7.31. The van der Waals surface area contributed by atoms with Crippen molar-refractivity contribution in [2.75, 3.05) is 19.6 Å². The Hall–Kier alpha value is -0.980. The molecule has 1 rings (SSSR count). The molecule has 4 nitrogen and oxygen atoms in total. The van der Waals surface area contributed by atoms with Gasteiger partial charge in [0.1, 0.15) is 5.60 Å². The first kappa shape index (κ1) is 17.1. The fourth-order valence-corrected chi connectivity index (χ4v) is 2.33. The lowest BCUT2D eigenvalue weighted by Crippen LogP contribution is -2.52. The van der Waals surface area contributed by atoms with Crippen LogP contribution in [0.25, 0.3) is 0 Å². The quantitative estimate of drug-likeness (QED) is 0.733. The smallest absolute Gasteiger partial charge is 0.444 e. The first-order valence-electron chi connectivity index (χ1n) is 6.86. The zero-order chi connectivity index (χ0) is 15.6. The largest absolute Gasteiger partial charge is 0.460 e. The normalized spacial score (nSPS) is 18.5. The zero-order valence-electron chi connectivity index (χ0n) is 12.5. The number of hydrogen-bond donors (Lipinski definition) is 0. The molecule has 0 spiro atoms. The van der Waals surface area contributed by atoms with E-state index in [1.807, 2.05) is 0 Å². The van der Waals surface area contributed by atoms with Crippen LogP contribution in [0, 0.1) is 0 Å². The summed E-state index contributed by atoms with van der Waals surface area (Å²) in [4.78, 5) is 13.8. The van der Waals surface area contributed by atoms with Gasteiger partial charge in [0.15, 0.2) is 0 Å². The lowest BCUT2D eigenvalue weighted by Gasteiger charge is -2.38. The Morgan fingerprint density at radius 3 is 2.10 bits per heavy atom. The van der Waals surface area contributed by atoms with Crippen molar-refractivity contribution in [2.45, 2.75) is 58.5 Å². The number of alkyl halides is 3. The van der Waals surface area contributed by atoms with E-state index in [1.54, 1.807) is 20.8 Å². The minimum Gasteiger partial charge on any atom is -0.444 e. The highest BCUT2D eigenvalue weighted by Gasteiger charge is 2.42. The number of halogens is 3. The second-order valence-electron chi connectivity index (χ2n) is 5.95. The molecule has 0 saturated carbocycles. The third-order valence-corrected chi connectivity index (χ3v) is 3.22.